The normalized spacial score (nSPS) is 13.9. The van der Waals surface area contributed by atoms with Gasteiger partial charge in [-0.25, -0.2) is 0 Å². The molecular weight excluding hydrogens is 176 g/mol. The van der Waals surface area contributed by atoms with Crippen LogP contribution in [-0.4, -0.2) is 22.9 Å². The smallest absolute Gasteiger partial charge is 0.0806 e. The third-order valence-electron chi connectivity index (χ3n) is 1.96. The maximum absolute atomic E-state index is 9.49. The molecule has 0 aliphatic carbocycles. The van der Waals surface area contributed by atoms with Crippen LogP contribution in [0.25, 0.3) is 0 Å². The summed E-state index contributed by atoms with van der Waals surface area (Å²) in [6.07, 6.45) is 5.81. The molecule has 0 aromatic heterocycles. The summed E-state index contributed by atoms with van der Waals surface area (Å²) >= 11 is 0. The largest absolute Gasteiger partial charge is 0.390 e. The van der Waals surface area contributed by atoms with E-state index in [9.17, 15) is 5.11 Å². The Bertz CT molecular complexity index is 175. The molecule has 2 heteroatoms. The molecule has 0 aromatic carbocycles. The lowest BCUT2D eigenvalue weighted by Gasteiger charge is -2.20. The molecule has 0 amide bonds. The molecule has 84 valence electrons. The number of allylic oxidation sites excluding steroid dienone is 1. The second kappa shape index (κ2) is 5.52. The Balaban J connectivity index is 3.82. The summed E-state index contributed by atoms with van der Waals surface area (Å²) in [5.74, 6) is 0. The highest BCUT2D eigenvalue weighted by Gasteiger charge is 2.13. The van der Waals surface area contributed by atoms with Gasteiger partial charge in [0.05, 0.1) is 11.2 Å². The van der Waals surface area contributed by atoms with Crippen molar-refractivity contribution in [2.75, 3.05) is 6.61 Å². The van der Waals surface area contributed by atoms with Crippen molar-refractivity contribution in [3.8, 4) is 0 Å². The van der Waals surface area contributed by atoms with Crippen molar-refractivity contribution < 1.29 is 9.84 Å². The van der Waals surface area contributed by atoms with Gasteiger partial charge in [0.2, 0.25) is 0 Å². The summed E-state index contributed by atoms with van der Waals surface area (Å²) in [5, 5.41) is 9.49. The van der Waals surface area contributed by atoms with Crippen LogP contribution < -0.4 is 0 Å². The van der Waals surface area contributed by atoms with Gasteiger partial charge in [-0.15, -0.1) is 0 Å². The fourth-order valence-electron chi connectivity index (χ4n) is 1.22. The summed E-state index contributed by atoms with van der Waals surface area (Å²) in [7, 11) is 0. The van der Waals surface area contributed by atoms with Crippen molar-refractivity contribution in [2.45, 2.75) is 58.7 Å². The lowest BCUT2D eigenvalue weighted by molar-refractivity contribution is 0.0280. The zero-order valence-electron chi connectivity index (χ0n) is 10.1. The number of hydrogen-bond donors (Lipinski definition) is 1. The first-order chi connectivity index (χ1) is 6.27. The van der Waals surface area contributed by atoms with E-state index in [1.165, 1.54) is 0 Å². The van der Waals surface area contributed by atoms with E-state index < -0.39 is 5.60 Å². The molecule has 0 fully saturated rings. The maximum Gasteiger partial charge on any atom is 0.0806 e. The van der Waals surface area contributed by atoms with Crippen molar-refractivity contribution >= 4 is 0 Å². The van der Waals surface area contributed by atoms with Gasteiger partial charge in [0, 0.05) is 6.61 Å². The van der Waals surface area contributed by atoms with Crippen LogP contribution in [0.3, 0.4) is 0 Å². The molecule has 0 rings (SSSR count). The summed E-state index contributed by atoms with van der Waals surface area (Å²) in [6.45, 7) is 10.5. The molecule has 0 saturated heterocycles. The van der Waals surface area contributed by atoms with E-state index in [1.54, 1.807) is 0 Å². The Morgan fingerprint density at radius 3 is 2.21 bits per heavy atom. The Labute approximate surface area is 88.0 Å². The van der Waals surface area contributed by atoms with E-state index in [2.05, 4.69) is 12.2 Å². The van der Waals surface area contributed by atoms with Crippen LogP contribution >= 0.6 is 0 Å². The summed E-state index contributed by atoms with van der Waals surface area (Å²) in [4.78, 5) is 0. The fourth-order valence-corrected chi connectivity index (χ4v) is 1.22. The monoisotopic (exact) mass is 200 g/mol. The lowest BCUT2D eigenvalue weighted by atomic mass is 10.0. The topological polar surface area (TPSA) is 29.5 Å². The number of ether oxygens (including phenoxy) is 1. The Morgan fingerprint density at radius 1 is 1.21 bits per heavy atom. The predicted molar refractivity (Wildman–Crippen MR) is 60.4 cm³/mol. The van der Waals surface area contributed by atoms with Gasteiger partial charge in [-0.1, -0.05) is 12.2 Å². The van der Waals surface area contributed by atoms with Gasteiger partial charge in [0.1, 0.15) is 0 Å². The Hall–Kier alpha value is -0.340. The molecule has 0 heterocycles. The molecule has 0 unspecified atom stereocenters. The third kappa shape index (κ3) is 8.27. The Morgan fingerprint density at radius 2 is 1.79 bits per heavy atom. The first-order valence-electron chi connectivity index (χ1n) is 5.31. The fraction of sp³-hybridized carbons (Fsp3) is 0.833. The van der Waals surface area contributed by atoms with Crippen molar-refractivity contribution in [1.82, 2.24) is 0 Å². The average molecular weight is 200 g/mol. The van der Waals surface area contributed by atoms with E-state index >= 15 is 0 Å². The molecule has 2 nitrogen and oxygen atoms in total. The molecule has 1 N–H and O–H groups in total. The number of aliphatic hydroxyl groups is 1. The summed E-state index contributed by atoms with van der Waals surface area (Å²) < 4.78 is 5.51. The molecule has 0 bridgehead atoms. The van der Waals surface area contributed by atoms with Crippen LogP contribution in [-0.2, 0) is 4.74 Å². The lowest BCUT2D eigenvalue weighted by Crippen LogP contribution is -2.21. The van der Waals surface area contributed by atoms with E-state index in [-0.39, 0.29) is 5.60 Å². The SMILES string of the molecule is CCOC(C)(C)C=CCCC(C)(C)O. The predicted octanol–water partition coefficient (Wildman–Crippen LogP) is 2.91. The quantitative estimate of drug-likeness (QED) is 0.668. The first kappa shape index (κ1) is 13.7. The van der Waals surface area contributed by atoms with Gasteiger partial charge < -0.3 is 9.84 Å². The van der Waals surface area contributed by atoms with Crippen LogP contribution in [0, 0.1) is 0 Å². The molecule has 0 aliphatic rings. The summed E-state index contributed by atoms with van der Waals surface area (Å²) in [5.41, 5.74) is -0.756. The minimum atomic E-state index is -0.569. The third-order valence-corrected chi connectivity index (χ3v) is 1.96. The highest BCUT2D eigenvalue weighted by Crippen LogP contribution is 2.14. The molecule has 14 heavy (non-hydrogen) atoms. The molecule has 0 radical (unpaired) electrons. The van der Waals surface area contributed by atoms with E-state index in [0.29, 0.717) is 0 Å². The average Bonchev–Trinajstić information content (AvgIpc) is 1.96. The van der Waals surface area contributed by atoms with Gasteiger partial charge in [-0.05, 0) is 47.5 Å². The van der Waals surface area contributed by atoms with Gasteiger partial charge in [-0.3, -0.25) is 0 Å². The molecule has 0 atom stereocenters. The van der Waals surface area contributed by atoms with Crippen LogP contribution in [0.2, 0.25) is 0 Å². The van der Waals surface area contributed by atoms with Crippen LogP contribution in [0.5, 0.6) is 0 Å². The van der Waals surface area contributed by atoms with Crippen molar-refractivity contribution in [3.63, 3.8) is 0 Å². The number of hydrogen-bond acceptors (Lipinski definition) is 2. The second-order valence-electron chi connectivity index (χ2n) is 4.79. The molecule has 0 spiro atoms. The molecular formula is C12H24O2. The van der Waals surface area contributed by atoms with Crippen LogP contribution in [0.15, 0.2) is 12.2 Å². The highest BCUT2D eigenvalue weighted by molar-refractivity contribution is 4.97. The Kier molecular flexibility index (Phi) is 5.38. The van der Waals surface area contributed by atoms with Gasteiger partial charge in [0.15, 0.2) is 0 Å². The molecule has 0 aromatic rings. The van der Waals surface area contributed by atoms with Crippen molar-refractivity contribution in [3.05, 3.63) is 12.2 Å². The molecule has 0 aliphatic heterocycles. The second-order valence-corrected chi connectivity index (χ2v) is 4.79. The highest BCUT2D eigenvalue weighted by atomic mass is 16.5. The minimum Gasteiger partial charge on any atom is -0.390 e. The minimum absolute atomic E-state index is 0.186. The van der Waals surface area contributed by atoms with Gasteiger partial charge in [-0.2, -0.15) is 0 Å². The molecule has 0 saturated carbocycles. The van der Waals surface area contributed by atoms with Crippen molar-refractivity contribution in [2.24, 2.45) is 0 Å². The van der Waals surface area contributed by atoms with Crippen molar-refractivity contribution in [1.29, 1.82) is 0 Å². The van der Waals surface area contributed by atoms with Crippen LogP contribution in [0.1, 0.15) is 47.5 Å². The van der Waals surface area contributed by atoms with Gasteiger partial charge in [0.25, 0.3) is 0 Å². The van der Waals surface area contributed by atoms with E-state index in [1.807, 2.05) is 34.6 Å². The summed E-state index contributed by atoms with van der Waals surface area (Å²) in [6, 6.07) is 0. The maximum atomic E-state index is 9.49. The van der Waals surface area contributed by atoms with E-state index in [4.69, 9.17) is 4.74 Å². The first-order valence-corrected chi connectivity index (χ1v) is 5.31. The van der Waals surface area contributed by atoms with Crippen LogP contribution in [0.4, 0.5) is 0 Å². The zero-order valence-corrected chi connectivity index (χ0v) is 10.1. The number of rotatable bonds is 6. The van der Waals surface area contributed by atoms with Gasteiger partial charge >= 0.3 is 0 Å². The zero-order chi connectivity index (χ0) is 11.2. The standard InChI is InChI=1S/C12H24O2/c1-6-14-12(4,5)10-8-7-9-11(2,3)13/h8,10,13H,6-7,9H2,1-5H3. The van der Waals surface area contributed by atoms with E-state index in [0.717, 1.165) is 19.4 Å².